The molecule has 0 saturated carbocycles. The molecule has 0 saturated heterocycles. The van der Waals surface area contributed by atoms with E-state index in [1.54, 1.807) is 7.05 Å². The molecule has 1 atom stereocenters. The molecular weight excluding hydrogens is 162 g/mol. The van der Waals surface area contributed by atoms with Crippen molar-refractivity contribution >= 4 is 5.97 Å². The van der Waals surface area contributed by atoms with Gasteiger partial charge in [-0.25, -0.2) is 4.79 Å². The summed E-state index contributed by atoms with van der Waals surface area (Å²) in [6.07, 6.45) is -0.227. The van der Waals surface area contributed by atoms with Crippen LogP contribution >= 0.6 is 0 Å². The highest BCUT2D eigenvalue weighted by atomic mass is 16.5. The summed E-state index contributed by atoms with van der Waals surface area (Å²) >= 11 is 0. The molecule has 2 N–H and O–H groups in total. The zero-order valence-corrected chi connectivity index (χ0v) is 7.37. The second-order valence-electron chi connectivity index (χ2n) is 2.14. The van der Waals surface area contributed by atoms with E-state index in [0.29, 0.717) is 6.61 Å². The van der Waals surface area contributed by atoms with Crippen LogP contribution in [0.3, 0.4) is 0 Å². The molecule has 0 bridgehead atoms. The summed E-state index contributed by atoms with van der Waals surface area (Å²) in [5.41, 5.74) is 0. The van der Waals surface area contributed by atoms with Crippen LogP contribution in [0, 0.1) is 0 Å². The quantitative estimate of drug-likeness (QED) is 0.521. The standard InChI is InChI=1S/C7H15NO4/c1-3-12-6(8-2)4-11-5-7(9)10/h6,8H,3-5H2,1-2H3,(H,9,10). The third kappa shape index (κ3) is 6.09. The van der Waals surface area contributed by atoms with Crippen molar-refractivity contribution < 1.29 is 19.4 Å². The number of likely N-dealkylation sites (N-methyl/N-ethyl adjacent to an activating group) is 1. The molecule has 5 nitrogen and oxygen atoms in total. The van der Waals surface area contributed by atoms with E-state index in [1.165, 1.54) is 0 Å². The number of rotatable bonds is 7. The average Bonchev–Trinajstić information content (AvgIpc) is 2.02. The maximum atomic E-state index is 10.0. The zero-order chi connectivity index (χ0) is 9.40. The molecule has 72 valence electrons. The topological polar surface area (TPSA) is 67.8 Å². The molecule has 0 aliphatic heterocycles. The largest absolute Gasteiger partial charge is 0.480 e. The van der Waals surface area contributed by atoms with E-state index in [-0.39, 0.29) is 19.4 Å². The minimum absolute atomic E-state index is 0.227. The number of carbonyl (C=O) groups is 1. The van der Waals surface area contributed by atoms with Gasteiger partial charge in [-0.1, -0.05) is 0 Å². The maximum absolute atomic E-state index is 10.0. The Bertz CT molecular complexity index is 129. The zero-order valence-electron chi connectivity index (χ0n) is 7.37. The van der Waals surface area contributed by atoms with Gasteiger partial charge in [0.05, 0.1) is 6.61 Å². The van der Waals surface area contributed by atoms with Crippen molar-refractivity contribution in [2.24, 2.45) is 0 Å². The molecule has 5 heteroatoms. The Morgan fingerprint density at radius 3 is 2.75 bits per heavy atom. The highest BCUT2D eigenvalue weighted by Crippen LogP contribution is 1.87. The number of nitrogens with one attached hydrogen (secondary N) is 1. The van der Waals surface area contributed by atoms with Crippen LogP contribution in [-0.2, 0) is 14.3 Å². The van der Waals surface area contributed by atoms with Gasteiger partial charge in [-0.2, -0.15) is 0 Å². The van der Waals surface area contributed by atoms with E-state index in [0.717, 1.165) is 0 Å². The summed E-state index contributed by atoms with van der Waals surface area (Å²) in [6, 6.07) is 0. The lowest BCUT2D eigenvalue weighted by Crippen LogP contribution is -2.33. The summed E-state index contributed by atoms with van der Waals surface area (Å²) in [5, 5.41) is 11.1. The fraction of sp³-hybridized carbons (Fsp3) is 0.857. The Balaban J connectivity index is 3.37. The molecule has 0 rings (SSSR count). The van der Waals surface area contributed by atoms with Crippen molar-refractivity contribution in [1.29, 1.82) is 0 Å². The molecule has 12 heavy (non-hydrogen) atoms. The smallest absolute Gasteiger partial charge is 0.329 e. The molecule has 0 amide bonds. The monoisotopic (exact) mass is 177 g/mol. The van der Waals surface area contributed by atoms with Crippen LogP contribution in [-0.4, -0.2) is 44.2 Å². The first-order valence-electron chi connectivity index (χ1n) is 3.79. The molecular formula is C7H15NO4. The van der Waals surface area contributed by atoms with Crippen LogP contribution in [0.25, 0.3) is 0 Å². The summed E-state index contributed by atoms with van der Waals surface area (Å²) in [6.45, 7) is 2.39. The lowest BCUT2D eigenvalue weighted by atomic mass is 10.6. The molecule has 0 radical (unpaired) electrons. The number of carboxylic acids is 1. The van der Waals surface area contributed by atoms with Gasteiger partial charge in [0, 0.05) is 6.61 Å². The second-order valence-corrected chi connectivity index (χ2v) is 2.14. The van der Waals surface area contributed by atoms with Crippen LogP contribution < -0.4 is 5.32 Å². The van der Waals surface area contributed by atoms with Crippen LogP contribution in [0.2, 0.25) is 0 Å². The Hall–Kier alpha value is -0.650. The Kier molecular flexibility index (Phi) is 6.64. The second kappa shape index (κ2) is 7.02. The van der Waals surface area contributed by atoms with Crippen LogP contribution in [0.1, 0.15) is 6.92 Å². The number of carboxylic acid groups (broad SMARTS) is 1. The van der Waals surface area contributed by atoms with Gasteiger partial charge in [0.2, 0.25) is 0 Å². The minimum Gasteiger partial charge on any atom is -0.480 e. The number of aliphatic carboxylic acids is 1. The van der Waals surface area contributed by atoms with Gasteiger partial charge in [-0.05, 0) is 14.0 Å². The molecule has 0 aromatic heterocycles. The molecule has 0 aromatic rings. The van der Waals surface area contributed by atoms with Crippen LogP contribution in [0.15, 0.2) is 0 Å². The number of hydrogen-bond donors (Lipinski definition) is 2. The highest BCUT2D eigenvalue weighted by molar-refractivity contribution is 5.67. The van der Waals surface area contributed by atoms with Crippen molar-refractivity contribution in [2.45, 2.75) is 13.2 Å². The van der Waals surface area contributed by atoms with E-state index in [1.807, 2.05) is 6.92 Å². The van der Waals surface area contributed by atoms with Crippen molar-refractivity contribution in [1.82, 2.24) is 5.32 Å². The molecule has 0 heterocycles. The van der Waals surface area contributed by atoms with Gasteiger partial charge in [0.15, 0.2) is 0 Å². The van der Waals surface area contributed by atoms with Gasteiger partial charge in [-0.15, -0.1) is 0 Å². The van der Waals surface area contributed by atoms with Gasteiger partial charge in [0.25, 0.3) is 0 Å². The third-order valence-corrected chi connectivity index (χ3v) is 1.18. The molecule has 1 unspecified atom stereocenters. The fourth-order valence-corrected chi connectivity index (χ4v) is 0.669. The summed E-state index contributed by atoms with van der Waals surface area (Å²) < 4.78 is 9.96. The van der Waals surface area contributed by atoms with E-state index < -0.39 is 5.97 Å². The first-order valence-corrected chi connectivity index (χ1v) is 3.79. The van der Waals surface area contributed by atoms with Crippen molar-refractivity contribution in [3.63, 3.8) is 0 Å². The summed E-state index contributed by atoms with van der Waals surface area (Å²) in [5.74, 6) is -0.971. The lowest BCUT2D eigenvalue weighted by molar-refractivity contribution is -0.144. The minimum atomic E-state index is -0.971. The van der Waals surface area contributed by atoms with E-state index in [9.17, 15) is 4.79 Å². The van der Waals surface area contributed by atoms with Crippen molar-refractivity contribution in [2.75, 3.05) is 26.9 Å². The lowest BCUT2D eigenvalue weighted by Gasteiger charge is -2.14. The molecule has 0 aliphatic carbocycles. The van der Waals surface area contributed by atoms with Gasteiger partial charge in [-0.3, -0.25) is 5.32 Å². The summed E-state index contributed by atoms with van der Waals surface area (Å²) in [7, 11) is 1.73. The SMILES string of the molecule is CCOC(COCC(=O)O)NC. The van der Waals surface area contributed by atoms with E-state index in [4.69, 9.17) is 14.6 Å². The Morgan fingerprint density at radius 1 is 1.67 bits per heavy atom. The van der Waals surface area contributed by atoms with E-state index >= 15 is 0 Å². The Labute approximate surface area is 71.7 Å². The maximum Gasteiger partial charge on any atom is 0.329 e. The molecule has 0 spiro atoms. The van der Waals surface area contributed by atoms with Gasteiger partial charge in [0.1, 0.15) is 12.8 Å². The normalized spacial score (nSPS) is 12.8. The fourth-order valence-electron chi connectivity index (χ4n) is 0.669. The predicted octanol–water partition coefficient (Wildman–Crippen LogP) is -0.330. The van der Waals surface area contributed by atoms with Crippen molar-refractivity contribution in [3.8, 4) is 0 Å². The first-order chi connectivity index (χ1) is 5.70. The summed E-state index contributed by atoms with van der Waals surface area (Å²) in [4.78, 5) is 10.0. The van der Waals surface area contributed by atoms with Gasteiger partial charge < -0.3 is 14.6 Å². The molecule has 0 aliphatic rings. The number of hydrogen-bond acceptors (Lipinski definition) is 4. The average molecular weight is 177 g/mol. The number of ether oxygens (including phenoxy) is 2. The molecule has 0 aromatic carbocycles. The molecule has 0 fully saturated rings. The third-order valence-electron chi connectivity index (χ3n) is 1.18. The predicted molar refractivity (Wildman–Crippen MR) is 42.9 cm³/mol. The van der Waals surface area contributed by atoms with Crippen LogP contribution in [0.5, 0.6) is 0 Å². The Morgan fingerprint density at radius 2 is 2.33 bits per heavy atom. The van der Waals surface area contributed by atoms with Gasteiger partial charge >= 0.3 is 5.97 Å². The van der Waals surface area contributed by atoms with Crippen LogP contribution in [0.4, 0.5) is 0 Å². The first kappa shape index (κ1) is 11.4. The van der Waals surface area contributed by atoms with Crippen molar-refractivity contribution in [3.05, 3.63) is 0 Å². The van der Waals surface area contributed by atoms with E-state index in [2.05, 4.69) is 5.32 Å². The highest BCUT2D eigenvalue weighted by Gasteiger charge is 2.05.